The molecule has 0 bridgehead atoms. The van der Waals surface area contributed by atoms with Crippen molar-refractivity contribution < 1.29 is 14.2 Å². The SMILES string of the molecule is CCn1c(CN2C(=O)c3ccccc3C2=O)[n+](Cc2ccccc2)c2ccc(Cl)cc21. The Kier molecular flexibility index (Phi) is 4.83. The Labute approximate surface area is 185 Å². The predicted octanol–water partition coefficient (Wildman–Crippen LogP) is 4.45. The lowest BCUT2D eigenvalue weighted by molar-refractivity contribution is -0.671. The van der Waals surface area contributed by atoms with Crippen LogP contribution in [0.15, 0.2) is 72.8 Å². The van der Waals surface area contributed by atoms with Gasteiger partial charge < -0.3 is 0 Å². The van der Waals surface area contributed by atoms with Crippen molar-refractivity contribution in [3.63, 3.8) is 0 Å². The van der Waals surface area contributed by atoms with Crippen molar-refractivity contribution in [2.75, 3.05) is 0 Å². The highest BCUT2D eigenvalue weighted by atomic mass is 35.5. The van der Waals surface area contributed by atoms with E-state index in [1.807, 2.05) is 36.4 Å². The van der Waals surface area contributed by atoms with Crippen LogP contribution in [-0.2, 0) is 19.6 Å². The molecule has 5 nitrogen and oxygen atoms in total. The third-order valence-corrected chi connectivity index (χ3v) is 6.05. The topological polar surface area (TPSA) is 46.2 Å². The minimum absolute atomic E-state index is 0.194. The fraction of sp³-hybridized carbons (Fsp3) is 0.160. The molecule has 0 fully saturated rings. The minimum Gasteiger partial charge on any atom is -0.269 e. The summed E-state index contributed by atoms with van der Waals surface area (Å²) in [6, 6.07) is 23.0. The van der Waals surface area contributed by atoms with Gasteiger partial charge in [-0.3, -0.25) is 14.5 Å². The van der Waals surface area contributed by atoms with Gasteiger partial charge in [-0.15, -0.1) is 0 Å². The summed E-state index contributed by atoms with van der Waals surface area (Å²) in [6.45, 7) is 3.57. The first-order chi connectivity index (χ1) is 15.1. The monoisotopic (exact) mass is 430 g/mol. The number of aromatic nitrogens is 2. The summed E-state index contributed by atoms with van der Waals surface area (Å²) >= 11 is 6.31. The van der Waals surface area contributed by atoms with E-state index in [4.69, 9.17) is 11.6 Å². The van der Waals surface area contributed by atoms with Gasteiger partial charge >= 0.3 is 0 Å². The molecule has 1 aliphatic rings. The number of nitrogens with zero attached hydrogens (tertiary/aromatic N) is 3. The molecule has 154 valence electrons. The number of aryl methyl sites for hydroxylation is 1. The fourth-order valence-electron chi connectivity index (χ4n) is 4.35. The molecule has 6 heteroatoms. The Balaban J connectivity index is 1.65. The summed E-state index contributed by atoms with van der Waals surface area (Å²) in [5.74, 6) is 0.383. The number of benzene rings is 3. The van der Waals surface area contributed by atoms with Gasteiger partial charge in [0, 0.05) is 11.1 Å². The van der Waals surface area contributed by atoms with Crippen LogP contribution in [-0.4, -0.2) is 21.3 Å². The Morgan fingerprint density at radius 3 is 2.16 bits per heavy atom. The van der Waals surface area contributed by atoms with Crippen LogP contribution < -0.4 is 4.57 Å². The number of carbonyl (C=O) groups is 2. The molecule has 0 unspecified atom stereocenters. The van der Waals surface area contributed by atoms with Gasteiger partial charge in [-0.25, -0.2) is 9.13 Å². The second-order valence-corrected chi connectivity index (χ2v) is 8.04. The summed E-state index contributed by atoms with van der Waals surface area (Å²) in [5.41, 5.74) is 4.06. The molecule has 4 aromatic rings. The van der Waals surface area contributed by atoms with E-state index in [2.05, 4.69) is 28.2 Å². The maximum atomic E-state index is 13.0. The third kappa shape index (κ3) is 3.22. The van der Waals surface area contributed by atoms with Crippen LogP contribution in [0.5, 0.6) is 0 Å². The molecule has 0 aliphatic carbocycles. The zero-order valence-electron chi connectivity index (χ0n) is 17.1. The van der Waals surface area contributed by atoms with E-state index in [0.717, 1.165) is 22.4 Å². The van der Waals surface area contributed by atoms with E-state index in [1.54, 1.807) is 24.3 Å². The first-order valence-electron chi connectivity index (χ1n) is 10.3. The average Bonchev–Trinajstić information content (AvgIpc) is 3.21. The van der Waals surface area contributed by atoms with Crippen molar-refractivity contribution in [1.82, 2.24) is 9.47 Å². The number of imide groups is 1. The predicted molar refractivity (Wildman–Crippen MR) is 119 cm³/mol. The number of rotatable bonds is 5. The molecule has 0 radical (unpaired) electrons. The van der Waals surface area contributed by atoms with E-state index in [-0.39, 0.29) is 18.4 Å². The van der Waals surface area contributed by atoms with E-state index in [0.29, 0.717) is 29.2 Å². The van der Waals surface area contributed by atoms with Crippen molar-refractivity contribution in [3.8, 4) is 0 Å². The highest BCUT2D eigenvalue weighted by Crippen LogP contribution is 2.26. The number of halogens is 1. The van der Waals surface area contributed by atoms with Gasteiger partial charge in [-0.1, -0.05) is 54.1 Å². The van der Waals surface area contributed by atoms with Crippen molar-refractivity contribution >= 4 is 34.4 Å². The van der Waals surface area contributed by atoms with Crippen LogP contribution in [0, 0.1) is 0 Å². The van der Waals surface area contributed by atoms with E-state index >= 15 is 0 Å². The van der Waals surface area contributed by atoms with Gasteiger partial charge in [0.15, 0.2) is 11.0 Å². The lowest BCUT2D eigenvalue weighted by Gasteiger charge is -2.13. The molecule has 0 saturated carbocycles. The van der Waals surface area contributed by atoms with Crippen LogP contribution in [0.25, 0.3) is 11.0 Å². The Morgan fingerprint density at radius 2 is 1.52 bits per heavy atom. The molecular formula is C25H21ClN3O2+. The van der Waals surface area contributed by atoms with E-state index in [1.165, 1.54) is 4.90 Å². The molecule has 5 rings (SSSR count). The lowest BCUT2D eigenvalue weighted by Crippen LogP contribution is -2.43. The quantitative estimate of drug-likeness (QED) is 0.347. The second-order valence-electron chi connectivity index (χ2n) is 7.61. The molecule has 0 spiro atoms. The van der Waals surface area contributed by atoms with Crippen LogP contribution in [0.2, 0.25) is 5.02 Å². The number of imidazole rings is 1. The van der Waals surface area contributed by atoms with Gasteiger partial charge in [0.1, 0.15) is 13.1 Å². The molecular weight excluding hydrogens is 410 g/mol. The standard InChI is InChI=1S/C25H21ClN3O2/c1-2-27-22-14-18(26)12-13-21(22)28(15-17-8-4-3-5-9-17)23(27)16-29-24(30)19-10-6-7-11-20(19)25(29)31/h3-14H,2,15-16H2,1H3/q+1. The van der Waals surface area contributed by atoms with Gasteiger partial charge in [0.25, 0.3) is 17.6 Å². The van der Waals surface area contributed by atoms with Crippen molar-refractivity contribution in [1.29, 1.82) is 0 Å². The lowest BCUT2D eigenvalue weighted by atomic mass is 10.1. The zero-order valence-corrected chi connectivity index (χ0v) is 17.8. The van der Waals surface area contributed by atoms with Crippen LogP contribution in [0.1, 0.15) is 39.0 Å². The normalized spacial score (nSPS) is 13.3. The summed E-state index contributed by atoms with van der Waals surface area (Å²) in [5, 5.41) is 0.652. The number of fused-ring (bicyclic) bond motifs is 2. The summed E-state index contributed by atoms with van der Waals surface area (Å²) in [4.78, 5) is 27.4. The Morgan fingerprint density at radius 1 is 0.871 bits per heavy atom. The van der Waals surface area contributed by atoms with Crippen molar-refractivity contribution in [3.05, 3.63) is 100 Å². The first-order valence-corrected chi connectivity index (χ1v) is 10.7. The minimum atomic E-state index is -0.252. The molecule has 3 aromatic carbocycles. The number of hydrogen-bond donors (Lipinski definition) is 0. The molecule has 0 atom stereocenters. The molecule has 31 heavy (non-hydrogen) atoms. The van der Waals surface area contributed by atoms with Crippen LogP contribution >= 0.6 is 11.6 Å². The van der Waals surface area contributed by atoms with Crippen molar-refractivity contribution in [2.24, 2.45) is 0 Å². The molecule has 0 saturated heterocycles. The second kappa shape index (κ2) is 7.67. The third-order valence-electron chi connectivity index (χ3n) is 5.82. The van der Waals surface area contributed by atoms with E-state index < -0.39 is 0 Å². The van der Waals surface area contributed by atoms with Gasteiger partial charge in [-0.05, 0) is 36.8 Å². The van der Waals surface area contributed by atoms with Crippen molar-refractivity contribution in [2.45, 2.75) is 26.6 Å². The van der Waals surface area contributed by atoms with Gasteiger partial charge in [0.2, 0.25) is 0 Å². The summed E-state index contributed by atoms with van der Waals surface area (Å²) < 4.78 is 4.31. The first kappa shape index (κ1) is 19.5. The molecule has 0 N–H and O–H groups in total. The highest BCUT2D eigenvalue weighted by Gasteiger charge is 2.38. The molecule has 1 aromatic heterocycles. The van der Waals surface area contributed by atoms with E-state index in [9.17, 15) is 9.59 Å². The largest absolute Gasteiger partial charge is 0.278 e. The maximum Gasteiger partial charge on any atom is 0.278 e. The van der Waals surface area contributed by atoms with Crippen LogP contribution in [0.3, 0.4) is 0 Å². The Bertz CT molecular complexity index is 1290. The molecule has 2 heterocycles. The average molecular weight is 431 g/mol. The fourth-order valence-corrected chi connectivity index (χ4v) is 4.52. The smallest absolute Gasteiger partial charge is 0.269 e. The van der Waals surface area contributed by atoms with Gasteiger partial charge in [-0.2, -0.15) is 0 Å². The zero-order chi connectivity index (χ0) is 21.5. The summed E-state index contributed by atoms with van der Waals surface area (Å²) in [6.07, 6.45) is 0. The Hall–Kier alpha value is -3.44. The maximum absolute atomic E-state index is 13.0. The number of carbonyl (C=O) groups excluding carboxylic acids is 2. The van der Waals surface area contributed by atoms with Crippen LogP contribution in [0.4, 0.5) is 0 Å². The molecule has 1 aliphatic heterocycles. The van der Waals surface area contributed by atoms with Gasteiger partial charge in [0.05, 0.1) is 17.7 Å². The summed E-state index contributed by atoms with van der Waals surface area (Å²) in [7, 11) is 0. The highest BCUT2D eigenvalue weighted by molar-refractivity contribution is 6.31. The number of hydrogen-bond acceptors (Lipinski definition) is 2. The molecule has 2 amide bonds. The number of amides is 2.